The van der Waals surface area contributed by atoms with E-state index in [1.165, 1.54) is 4.90 Å². The third kappa shape index (κ3) is 5.04. The molecule has 1 aliphatic heterocycles. The maximum absolute atomic E-state index is 13.4. The summed E-state index contributed by atoms with van der Waals surface area (Å²) in [6, 6.07) is 7.39. The highest BCUT2D eigenvalue weighted by Crippen LogP contribution is 2.34. The minimum Gasteiger partial charge on any atom is -0.493 e. The van der Waals surface area contributed by atoms with E-state index in [-0.39, 0.29) is 17.5 Å². The van der Waals surface area contributed by atoms with E-state index in [0.29, 0.717) is 29.3 Å². The first-order valence-electron chi connectivity index (χ1n) is 11.5. The lowest BCUT2D eigenvalue weighted by atomic mass is 9.88. The summed E-state index contributed by atoms with van der Waals surface area (Å²) in [5.74, 6) is 0.455. The van der Waals surface area contributed by atoms with E-state index in [1.807, 2.05) is 24.3 Å². The van der Waals surface area contributed by atoms with Crippen molar-refractivity contribution in [1.82, 2.24) is 4.90 Å². The summed E-state index contributed by atoms with van der Waals surface area (Å²) in [6.45, 7) is 4.43. The Kier molecular flexibility index (Phi) is 8.10. The largest absolute Gasteiger partial charge is 0.493 e. The first-order valence-corrected chi connectivity index (χ1v) is 11.5. The highest BCUT2D eigenvalue weighted by molar-refractivity contribution is 6.19. The van der Waals surface area contributed by atoms with Gasteiger partial charge in [0.2, 0.25) is 0 Å². The second kappa shape index (κ2) is 11.0. The Bertz CT molecular complexity index is 965. The van der Waals surface area contributed by atoms with Crippen molar-refractivity contribution in [3.05, 3.63) is 40.5 Å². The molecule has 1 aromatic rings. The molecule has 2 amide bonds. The number of nitriles is 1. The van der Waals surface area contributed by atoms with Gasteiger partial charge in [-0.15, -0.1) is 0 Å². The zero-order valence-electron chi connectivity index (χ0n) is 19.3. The van der Waals surface area contributed by atoms with Gasteiger partial charge in [-0.25, -0.2) is 0 Å². The van der Waals surface area contributed by atoms with Crippen molar-refractivity contribution in [2.75, 3.05) is 13.7 Å². The van der Waals surface area contributed by atoms with Crippen molar-refractivity contribution in [3.63, 3.8) is 0 Å². The van der Waals surface area contributed by atoms with Gasteiger partial charge < -0.3 is 9.47 Å². The highest BCUT2D eigenvalue weighted by Gasteiger charge is 2.39. The summed E-state index contributed by atoms with van der Waals surface area (Å²) >= 11 is 0. The fourth-order valence-corrected chi connectivity index (χ4v) is 4.36. The molecule has 2 aliphatic rings. The van der Waals surface area contributed by atoms with Crippen LogP contribution < -0.4 is 9.47 Å². The second-order valence-corrected chi connectivity index (χ2v) is 8.41. The molecule has 6 nitrogen and oxygen atoms in total. The number of benzene rings is 1. The topological polar surface area (TPSA) is 79.6 Å². The number of hydrogen-bond acceptors (Lipinski definition) is 5. The molecular formula is C26H32N2O4. The molecule has 0 N–H and O–H groups in total. The van der Waals surface area contributed by atoms with Crippen LogP contribution in [0.1, 0.15) is 70.8 Å². The van der Waals surface area contributed by atoms with Crippen LogP contribution in [0.2, 0.25) is 0 Å². The number of ether oxygens (including phenoxy) is 2. The summed E-state index contributed by atoms with van der Waals surface area (Å²) in [4.78, 5) is 27.6. The molecule has 1 aliphatic carbocycles. The Morgan fingerprint density at radius 1 is 1.12 bits per heavy atom. The Morgan fingerprint density at radius 2 is 1.88 bits per heavy atom. The minimum absolute atomic E-state index is 0.0456. The lowest BCUT2D eigenvalue weighted by Crippen LogP contribution is -2.49. The standard InChI is InChI=1S/C26H32N2O4/c1-4-5-9-14-32-23-13-12-19(16-24(23)31-3)15-21-18(2)22(17-27)26(30)28(25(21)29)20-10-7-6-8-11-20/h12-13,15-16,20H,4-11,14H2,1-3H3/b21-15+. The van der Waals surface area contributed by atoms with Gasteiger partial charge in [-0.2, -0.15) is 5.26 Å². The molecule has 1 heterocycles. The Morgan fingerprint density at radius 3 is 2.53 bits per heavy atom. The van der Waals surface area contributed by atoms with E-state index in [2.05, 4.69) is 6.92 Å². The number of carbonyl (C=O) groups is 2. The zero-order valence-corrected chi connectivity index (χ0v) is 19.3. The maximum Gasteiger partial charge on any atom is 0.271 e. The summed E-state index contributed by atoms with van der Waals surface area (Å²) < 4.78 is 11.3. The van der Waals surface area contributed by atoms with E-state index in [0.717, 1.165) is 56.9 Å². The average Bonchev–Trinajstić information content (AvgIpc) is 2.81. The van der Waals surface area contributed by atoms with Crippen LogP contribution in [0.3, 0.4) is 0 Å². The van der Waals surface area contributed by atoms with Crippen molar-refractivity contribution in [1.29, 1.82) is 5.26 Å². The number of carbonyl (C=O) groups excluding carboxylic acids is 2. The molecular weight excluding hydrogens is 404 g/mol. The fraction of sp³-hybridized carbons (Fsp3) is 0.500. The molecule has 1 aromatic carbocycles. The van der Waals surface area contributed by atoms with Gasteiger partial charge in [0.15, 0.2) is 11.5 Å². The Hall–Kier alpha value is -3.07. The van der Waals surface area contributed by atoms with Gasteiger partial charge in [-0.05, 0) is 55.5 Å². The van der Waals surface area contributed by atoms with Crippen molar-refractivity contribution < 1.29 is 19.1 Å². The average molecular weight is 437 g/mol. The monoisotopic (exact) mass is 436 g/mol. The molecule has 170 valence electrons. The smallest absolute Gasteiger partial charge is 0.271 e. The minimum atomic E-state index is -0.465. The third-order valence-corrected chi connectivity index (χ3v) is 6.22. The van der Waals surface area contributed by atoms with Crippen LogP contribution >= 0.6 is 0 Å². The highest BCUT2D eigenvalue weighted by atomic mass is 16.5. The molecule has 0 radical (unpaired) electrons. The van der Waals surface area contributed by atoms with Crippen LogP contribution in [0.4, 0.5) is 0 Å². The molecule has 0 unspecified atom stereocenters. The van der Waals surface area contributed by atoms with Gasteiger partial charge in [0.05, 0.1) is 13.7 Å². The van der Waals surface area contributed by atoms with Gasteiger partial charge >= 0.3 is 0 Å². The number of amides is 2. The van der Waals surface area contributed by atoms with Gasteiger partial charge in [-0.1, -0.05) is 45.1 Å². The number of rotatable bonds is 8. The summed E-state index contributed by atoms with van der Waals surface area (Å²) in [7, 11) is 1.58. The van der Waals surface area contributed by atoms with Crippen LogP contribution in [-0.2, 0) is 9.59 Å². The van der Waals surface area contributed by atoms with Crippen molar-refractivity contribution in [3.8, 4) is 17.6 Å². The molecule has 1 fully saturated rings. The molecule has 0 spiro atoms. The summed E-state index contributed by atoms with van der Waals surface area (Å²) in [6.07, 6.45) is 9.62. The maximum atomic E-state index is 13.4. The van der Waals surface area contributed by atoms with Crippen molar-refractivity contribution in [2.24, 2.45) is 0 Å². The van der Waals surface area contributed by atoms with E-state index >= 15 is 0 Å². The van der Waals surface area contributed by atoms with Gasteiger partial charge in [0.25, 0.3) is 11.8 Å². The summed E-state index contributed by atoms with van der Waals surface area (Å²) in [5, 5.41) is 9.63. The van der Waals surface area contributed by atoms with Crippen LogP contribution in [0.25, 0.3) is 6.08 Å². The fourth-order valence-electron chi connectivity index (χ4n) is 4.36. The van der Waals surface area contributed by atoms with Crippen molar-refractivity contribution >= 4 is 17.9 Å². The third-order valence-electron chi connectivity index (χ3n) is 6.22. The van der Waals surface area contributed by atoms with E-state index < -0.39 is 5.91 Å². The second-order valence-electron chi connectivity index (χ2n) is 8.41. The molecule has 0 atom stereocenters. The van der Waals surface area contributed by atoms with Gasteiger partial charge in [0.1, 0.15) is 11.6 Å². The lowest BCUT2D eigenvalue weighted by Gasteiger charge is -2.36. The summed E-state index contributed by atoms with van der Waals surface area (Å²) in [5.41, 5.74) is 1.60. The molecule has 3 rings (SSSR count). The number of nitrogens with zero attached hydrogens (tertiary/aromatic N) is 2. The zero-order chi connectivity index (χ0) is 23.1. The predicted molar refractivity (Wildman–Crippen MR) is 123 cm³/mol. The number of unbranched alkanes of at least 4 members (excludes halogenated alkanes) is 2. The Balaban J connectivity index is 1.93. The number of hydrogen-bond donors (Lipinski definition) is 0. The quantitative estimate of drug-likeness (QED) is 0.318. The van der Waals surface area contributed by atoms with Crippen LogP contribution in [0, 0.1) is 11.3 Å². The molecule has 1 saturated carbocycles. The molecule has 0 aromatic heterocycles. The number of methoxy groups -OCH3 is 1. The van der Waals surface area contributed by atoms with Gasteiger partial charge in [-0.3, -0.25) is 14.5 Å². The van der Waals surface area contributed by atoms with Gasteiger partial charge in [0, 0.05) is 11.6 Å². The molecule has 0 bridgehead atoms. The van der Waals surface area contributed by atoms with Crippen LogP contribution in [0.5, 0.6) is 11.5 Å². The van der Waals surface area contributed by atoms with Crippen LogP contribution in [0.15, 0.2) is 34.9 Å². The Labute approximate surface area is 190 Å². The van der Waals surface area contributed by atoms with E-state index in [9.17, 15) is 14.9 Å². The normalized spacial score (nSPS) is 18.8. The lowest BCUT2D eigenvalue weighted by molar-refractivity contribution is -0.143. The van der Waals surface area contributed by atoms with Crippen LogP contribution in [-0.4, -0.2) is 36.5 Å². The number of imide groups is 1. The predicted octanol–water partition coefficient (Wildman–Crippen LogP) is 5.19. The molecule has 0 saturated heterocycles. The SMILES string of the molecule is CCCCCOc1ccc(/C=C2/C(=O)N(C3CCCCC3)C(=O)C(C#N)=C2C)cc1OC. The first kappa shape index (κ1) is 23.6. The first-order chi connectivity index (χ1) is 15.5. The molecule has 32 heavy (non-hydrogen) atoms. The molecule has 6 heteroatoms. The van der Waals surface area contributed by atoms with Crippen molar-refractivity contribution in [2.45, 2.75) is 71.3 Å². The van der Waals surface area contributed by atoms with E-state index in [4.69, 9.17) is 9.47 Å². The van der Waals surface area contributed by atoms with E-state index in [1.54, 1.807) is 20.1 Å².